The van der Waals surface area contributed by atoms with Crippen molar-refractivity contribution in [3.63, 3.8) is 0 Å². The lowest BCUT2D eigenvalue weighted by Crippen LogP contribution is -2.19. The molecule has 1 unspecified atom stereocenters. The van der Waals surface area contributed by atoms with Gasteiger partial charge in [-0.3, -0.25) is 9.59 Å². The number of carbonyl (C=O) groups excluding carboxylic acids is 1. The van der Waals surface area contributed by atoms with Crippen LogP contribution < -0.4 is 0 Å². The van der Waals surface area contributed by atoms with Gasteiger partial charge in [-0.1, -0.05) is 159 Å². The van der Waals surface area contributed by atoms with E-state index in [-0.39, 0.29) is 18.5 Å². The molecule has 0 aromatic heterocycles. The maximum absolute atomic E-state index is 12.4. The van der Waals surface area contributed by atoms with E-state index in [4.69, 9.17) is 9.84 Å². The minimum Gasteiger partial charge on any atom is -0.481 e. The molecule has 0 heterocycles. The van der Waals surface area contributed by atoms with Gasteiger partial charge in [0.2, 0.25) is 0 Å². The number of carboxylic acids is 1. The third-order valence-electron chi connectivity index (χ3n) is 8.14. The van der Waals surface area contributed by atoms with Crippen molar-refractivity contribution in [1.82, 2.24) is 0 Å². The summed E-state index contributed by atoms with van der Waals surface area (Å²) >= 11 is 0. The Balaban J connectivity index is 3.72. The summed E-state index contributed by atoms with van der Waals surface area (Å²) in [6.45, 7) is 4.42. The molecule has 0 aliphatic heterocycles. The summed E-state index contributed by atoms with van der Waals surface area (Å²) in [6.07, 6.45) is 44.4. The summed E-state index contributed by atoms with van der Waals surface area (Å²) in [7, 11) is 0. The van der Waals surface area contributed by atoms with Gasteiger partial charge in [0, 0.05) is 12.8 Å². The number of carbonyl (C=O) groups is 2. The third kappa shape index (κ3) is 34.5. The number of allylic oxidation sites excluding steroid dienone is 6. The lowest BCUT2D eigenvalue weighted by molar-refractivity contribution is -0.151. The van der Waals surface area contributed by atoms with Crippen molar-refractivity contribution in [3.05, 3.63) is 36.5 Å². The summed E-state index contributed by atoms with van der Waals surface area (Å²) in [4.78, 5) is 23.5. The molecule has 0 radical (unpaired) electrons. The molecule has 0 saturated heterocycles. The molecular weight excluding hydrogens is 532 g/mol. The molecule has 43 heavy (non-hydrogen) atoms. The first kappa shape index (κ1) is 41.2. The Morgan fingerprint density at radius 1 is 0.535 bits per heavy atom. The van der Waals surface area contributed by atoms with Gasteiger partial charge in [0.15, 0.2) is 0 Å². The zero-order valence-electron chi connectivity index (χ0n) is 28.5. The Hall–Kier alpha value is -1.84. The van der Waals surface area contributed by atoms with Crippen LogP contribution in [-0.4, -0.2) is 23.1 Å². The SMILES string of the molecule is CC/C=C\C/C=C\C/C=C\CCCCCCCCCCCC(=O)OC(CCCCCCCCCCCCC)CCC(=O)O. The number of rotatable bonds is 33. The van der Waals surface area contributed by atoms with Gasteiger partial charge in [-0.05, 0) is 57.8 Å². The van der Waals surface area contributed by atoms with Gasteiger partial charge in [-0.15, -0.1) is 0 Å². The van der Waals surface area contributed by atoms with Crippen LogP contribution in [0, 0.1) is 0 Å². The quantitative estimate of drug-likeness (QED) is 0.0461. The maximum atomic E-state index is 12.4. The molecule has 4 heteroatoms. The standard InChI is InChI=1S/C39H70O4/c1-3-5-7-9-11-13-15-16-17-18-19-20-21-22-24-26-28-30-32-34-39(42)43-37(35-36-38(40)41)33-31-29-27-25-23-14-12-10-8-6-4-2/h5,7,11,13,16-17,37H,3-4,6,8-10,12,14-15,18-36H2,1-2H3,(H,40,41)/b7-5-,13-11-,17-16-. The molecule has 0 bridgehead atoms. The van der Waals surface area contributed by atoms with E-state index < -0.39 is 5.97 Å². The molecule has 0 aromatic rings. The van der Waals surface area contributed by atoms with E-state index in [1.54, 1.807) is 0 Å². The number of unbranched alkanes of at least 4 members (excludes halogenated alkanes) is 19. The molecule has 0 amide bonds. The summed E-state index contributed by atoms with van der Waals surface area (Å²) in [5.41, 5.74) is 0. The van der Waals surface area contributed by atoms with Crippen molar-refractivity contribution in [1.29, 1.82) is 0 Å². The highest BCUT2D eigenvalue weighted by Gasteiger charge is 2.15. The first-order valence-electron chi connectivity index (χ1n) is 18.5. The Labute approximate surface area is 267 Å². The van der Waals surface area contributed by atoms with Crippen molar-refractivity contribution in [2.24, 2.45) is 0 Å². The lowest BCUT2D eigenvalue weighted by Gasteiger charge is -2.17. The van der Waals surface area contributed by atoms with Crippen LogP contribution in [-0.2, 0) is 14.3 Å². The van der Waals surface area contributed by atoms with Crippen LogP contribution in [0.15, 0.2) is 36.5 Å². The van der Waals surface area contributed by atoms with Crippen molar-refractivity contribution in [3.8, 4) is 0 Å². The highest BCUT2D eigenvalue weighted by Crippen LogP contribution is 2.17. The predicted octanol–water partition coefficient (Wildman–Crippen LogP) is 12.6. The van der Waals surface area contributed by atoms with E-state index in [2.05, 4.69) is 50.3 Å². The van der Waals surface area contributed by atoms with Gasteiger partial charge >= 0.3 is 11.9 Å². The lowest BCUT2D eigenvalue weighted by atomic mass is 10.0. The van der Waals surface area contributed by atoms with E-state index in [0.717, 1.165) is 51.4 Å². The van der Waals surface area contributed by atoms with Gasteiger partial charge in [-0.25, -0.2) is 0 Å². The van der Waals surface area contributed by atoms with Crippen molar-refractivity contribution in [2.75, 3.05) is 0 Å². The van der Waals surface area contributed by atoms with Crippen LogP contribution in [0.2, 0.25) is 0 Å². The second-order valence-corrected chi connectivity index (χ2v) is 12.4. The smallest absolute Gasteiger partial charge is 0.306 e. The van der Waals surface area contributed by atoms with Gasteiger partial charge in [0.05, 0.1) is 0 Å². The first-order chi connectivity index (χ1) is 21.1. The molecule has 1 N–H and O–H groups in total. The topological polar surface area (TPSA) is 63.6 Å². The average molecular weight is 603 g/mol. The maximum Gasteiger partial charge on any atom is 0.306 e. The Bertz CT molecular complexity index is 693. The summed E-state index contributed by atoms with van der Waals surface area (Å²) < 4.78 is 5.72. The molecule has 250 valence electrons. The Morgan fingerprint density at radius 2 is 1.00 bits per heavy atom. The molecule has 0 fully saturated rings. The number of aliphatic carboxylic acids is 1. The molecule has 0 aliphatic rings. The van der Waals surface area contributed by atoms with Crippen LogP contribution >= 0.6 is 0 Å². The van der Waals surface area contributed by atoms with E-state index in [1.807, 2.05) is 0 Å². The zero-order chi connectivity index (χ0) is 31.5. The molecule has 4 nitrogen and oxygen atoms in total. The van der Waals surface area contributed by atoms with Crippen molar-refractivity contribution in [2.45, 2.75) is 200 Å². The van der Waals surface area contributed by atoms with E-state index in [9.17, 15) is 9.59 Å². The van der Waals surface area contributed by atoms with Gasteiger partial charge < -0.3 is 9.84 Å². The normalized spacial score (nSPS) is 12.6. The molecule has 0 spiro atoms. The fraction of sp³-hybridized carbons (Fsp3) is 0.795. The fourth-order valence-electron chi connectivity index (χ4n) is 5.42. The van der Waals surface area contributed by atoms with Crippen LogP contribution in [0.4, 0.5) is 0 Å². The Morgan fingerprint density at radius 3 is 1.53 bits per heavy atom. The highest BCUT2D eigenvalue weighted by molar-refractivity contribution is 5.69. The monoisotopic (exact) mass is 603 g/mol. The van der Waals surface area contributed by atoms with E-state index in [0.29, 0.717) is 12.8 Å². The van der Waals surface area contributed by atoms with Gasteiger partial charge in [0.25, 0.3) is 0 Å². The molecule has 0 aliphatic carbocycles. The van der Waals surface area contributed by atoms with E-state index in [1.165, 1.54) is 109 Å². The largest absolute Gasteiger partial charge is 0.481 e. The fourth-order valence-corrected chi connectivity index (χ4v) is 5.42. The molecule has 0 rings (SSSR count). The molecule has 0 saturated carbocycles. The molecule has 1 atom stereocenters. The van der Waals surface area contributed by atoms with E-state index >= 15 is 0 Å². The molecule has 0 aromatic carbocycles. The average Bonchev–Trinajstić information content (AvgIpc) is 2.99. The number of ether oxygens (including phenoxy) is 1. The third-order valence-corrected chi connectivity index (χ3v) is 8.14. The van der Waals surface area contributed by atoms with Crippen LogP contribution in [0.25, 0.3) is 0 Å². The summed E-state index contributed by atoms with van der Waals surface area (Å²) in [5.74, 6) is -0.959. The minimum atomic E-state index is -0.813. The summed E-state index contributed by atoms with van der Waals surface area (Å²) in [5, 5.41) is 9.09. The highest BCUT2D eigenvalue weighted by atomic mass is 16.5. The number of hydrogen-bond donors (Lipinski definition) is 1. The van der Waals surface area contributed by atoms with Crippen LogP contribution in [0.5, 0.6) is 0 Å². The van der Waals surface area contributed by atoms with Crippen molar-refractivity contribution >= 4 is 11.9 Å². The second kappa shape index (κ2) is 34.6. The summed E-state index contributed by atoms with van der Waals surface area (Å²) in [6, 6.07) is 0. The van der Waals surface area contributed by atoms with Crippen LogP contribution in [0.3, 0.4) is 0 Å². The number of carboxylic acid groups (broad SMARTS) is 1. The molecular formula is C39H70O4. The minimum absolute atomic E-state index is 0.0711. The second-order valence-electron chi connectivity index (χ2n) is 12.4. The number of esters is 1. The number of hydrogen-bond acceptors (Lipinski definition) is 3. The van der Waals surface area contributed by atoms with Gasteiger partial charge in [0.1, 0.15) is 6.10 Å². The zero-order valence-corrected chi connectivity index (χ0v) is 28.5. The van der Waals surface area contributed by atoms with Gasteiger partial charge in [-0.2, -0.15) is 0 Å². The first-order valence-corrected chi connectivity index (χ1v) is 18.5. The predicted molar refractivity (Wildman–Crippen MR) is 186 cm³/mol. The van der Waals surface area contributed by atoms with Crippen molar-refractivity contribution < 1.29 is 19.4 Å². The Kier molecular flexibility index (Phi) is 33.2. The van der Waals surface area contributed by atoms with Crippen LogP contribution in [0.1, 0.15) is 194 Å².